The summed E-state index contributed by atoms with van der Waals surface area (Å²) in [5.41, 5.74) is 2.70. The predicted molar refractivity (Wildman–Crippen MR) is 387 cm³/mol. The molecule has 0 heterocycles. The Labute approximate surface area is 598 Å². The number of aryl methyl sites for hydroxylation is 2. The number of hydrogen-bond acceptors (Lipinski definition) is 20. The molecule has 0 fully saturated rings. The highest BCUT2D eigenvalue weighted by atomic mass is 16.6. The maximum Gasteiger partial charge on any atom is 0.343 e. The highest BCUT2D eigenvalue weighted by Gasteiger charge is 2.17. The maximum atomic E-state index is 12.9. The van der Waals surface area contributed by atoms with Crippen molar-refractivity contribution in [3.05, 3.63) is 217 Å². The first kappa shape index (κ1) is 81.9. The van der Waals surface area contributed by atoms with Crippen LogP contribution >= 0.6 is 0 Å². The Morgan fingerprint density at radius 1 is 0.255 bits per heavy atom. The van der Waals surface area contributed by atoms with Crippen LogP contribution in [0.3, 0.4) is 0 Å². The number of hydrogen-bond donors (Lipinski definition) is 0. The van der Waals surface area contributed by atoms with Gasteiger partial charge in [-0.2, -0.15) is 0 Å². The number of carbonyl (C=O) groups is 8. The van der Waals surface area contributed by atoms with E-state index in [1.165, 1.54) is 69.6 Å². The summed E-state index contributed by atoms with van der Waals surface area (Å²) in [6, 6.07) is 36.3. The van der Waals surface area contributed by atoms with E-state index >= 15 is 0 Å². The van der Waals surface area contributed by atoms with E-state index in [1.54, 1.807) is 141 Å². The SMILES string of the molecule is C=CC(=O)OCCCCCCCCCCCOc1ccc(C(=O)Oc2ccc(OC(=O)c3ccc(OCCCCCCCCCCCOC(=O)C=C)cc3)c(C)c2)cc1.C=CC(=O)OCCCOc1ccc(C(=O)Oc2ccc(OC(=O)c3ccc(OCCCOC(=O)C=C)cc3)c(C)c2)cc1. The molecule has 0 aliphatic rings. The number of benzene rings is 6. The number of ether oxygens (including phenoxy) is 12. The van der Waals surface area contributed by atoms with E-state index in [1.807, 2.05) is 0 Å². The van der Waals surface area contributed by atoms with Gasteiger partial charge in [-0.3, -0.25) is 0 Å². The van der Waals surface area contributed by atoms with Crippen LogP contribution in [0.5, 0.6) is 46.0 Å². The topological polar surface area (TPSA) is 247 Å². The lowest BCUT2D eigenvalue weighted by Crippen LogP contribution is -2.11. The van der Waals surface area contributed by atoms with Gasteiger partial charge in [0.25, 0.3) is 0 Å². The van der Waals surface area contributed by atoms with E-state index in [0.717, 1.165) is 76.4 Å². The first-order valence-corrected chi connectivity index (χ1v) is 34.8. The molecular weight excluding hydrogens is 1300 g/mol. The van der Waals surface area contributed by atoms with Gasteiger partial charge in [0.15, 0.2) is 0 Å². The van der Waals surface area contributed by atoms with Crippen LogP contribution in [0.25, 0.3) is 0 Å². The van der Waals surface area contributed by atoms with Crippen molar-refractivity contribution < 1.29 is 95.2 Å². The van der Waals surface area contributed by atoms with Crippen molar-refractivity contribution in [2.24, 2.45) is 0 Å². The average Bonchev–Trinajstić information content (AvgIpc) is 0.849. The number of esters is 8. The summed E-state index contributed by atoms with van der Waals surface area (Å²) in [5.74, 6) is 0.0584. The lowest BCUT2D eigenvalue weighted by Gasteiger charge is -2.11. The first-order valence-electron chi connectivity index (χ1n) is 34.8. The first-order chi connectivity index (χ1) is 49.6. The second-order valence-electron chi connectivity index (χ2n) is 23.5. The van der Waals surface area contributed by atoms with Crippen LogP contribution in [0.15, 0.2) is 184 Å². The molecule has 0 saturated carbocycles. The Morgan fingerprint density at radius 2 is 0.461 bits per heavy atom. The molecule has 6 rings (SSSR count). The molecule has 6 aromatic carbocycles. The van der Waals surface area contributed by atoms with Gasteiger partial charge in [0.2, 0.25) is 0 Å². The number of unbranched alkanes of at least 4 members (excludes halogenated alkanes) is 16. The van der Waals surface area contributed by atoms with Crippen LogP contribution in [0, 0.1) is 13.8 Å². The fourth-order valence-electron chi connectivity index (χ4n) is 9.69. The van der Waals surface area contributed by atoms with E-state index < -0.39 is 35.8 Å². The molecule has 0 aromatic heterocycles. The van der Waals surface area contributed by atoms with Gasteiger partial charge < -0.3 is 56.8 Å². The molecule has 0 aliphatic carbocycles. The van der Waals surface area contributed by atoms with Crippen LogP contribution in [0.4, 0.5) is 0 Å². The van der Waals surface area contributed by atoms with Crippen LogP contribution < -0.4 is 37.9 Å². The third kappa shape index (κ3) is 33.9. The molecule has 0 atom stereocenters. The zero-order chi connectivity index (χ0) is 73.4. The van der Waals surface area contributed by atoms with Gasteiger partial charge in [0, 0.05) is 37.1 Å². The Morgan fingerprint density at radius 3 is 0.706 bits per heavy atom. The van der Waals surface area contributed by atoms with Crippen LogP contribution in [0.2, 0.25) is 0 Å². The van der Waals surface area contributed by atoms with Crippen molar-refractivity contribution in [1.82, 2.24) is 0 Å². The third-order valence-electron chi connectivity index (χ3n) is 15.4. The standard InChI is InChI=1S/C49H64O10.C33H32O10/c1-4-46(50)56-36-22-18-14-10-6-8-12-16-20-34-54-42-28-24-40(25-29-42)48(52)58-44-32-33-45(39(3)38-44)59-49(53)41-26-30-43(31-27-41)55-35-21-17-13-9-7-11-15-19-23-37-57-47(51)5-2;1-4-30(34)40-20-6-18-38-26-12-8-24(9-13-26)32(36)42-28-16-17-29(23(3)22-28)43-33(37)25-10-14-27(15-11-25)39-19-7-21-41-31(35)5-2/h4-5,24-33,38H,1-2,6-23,34-37H2,3H3;4-5,8-17,22H,1-2,6-7,18-21H2,3H3. The summed E-state index contributed by atoms with van der Waals surface area (Å²) in [6.45, 7) is 20.2. The summed E-state index contributed by atoms with van der Waals surface area (Å²) in [4.78, 5) is 95.0. The Hall–Kier alpha value is -10.8. The quantitative estimate of drug-likeness (QED) is 0.0113. The van der Waals surface area contributed by atoms with Gasteiger partial charge in [-0.15, -0.1) is 0 Å². The molecule has 0 radical (unpaired) electrons. The van der Waals surface area contributed by atoms with E-state index in [2.05, 4.69) is 26.3 Å². The molecule has 0 saturated heterocycles. The van der Waals surface area contributed by atoms with Crippen LogP contribution in [0.1, 0.15) is 181 Å². The lowest BCUT2D eigenvalue weighted by atomic mass is 10.1. The van der Waals surface area contributed by atoms with E-state index in [0.29, 0.717) is 126 Å². The highest BCUT2D eigenvalue weighted by Crippen LogP contribution is 2.28. The van der Waals surface area contributed by atoms with Gasteiger partial charge in [0.05, 0.1) is 75.1 Å². The lowest BCUT2D eigenvalue weighted by molar-refractivity contribution is -0.138. The van der Waals surface area contributed by atoms with Crippen molar-refractivity contribution in [2.75, 3.05) is 52.9 Å². The zero-order valence-electron chi connectivity index (χ0n) is 58.8. The summed E-state index contributed by atoms with van der Waals surface area (Å²) in [6.07, 6.45) is 25.5. The monoisotopic (exact) mass is 1400 g/mol. The smallest absolute Gasteiger partial charge is 0.343 e. The van der Waals surface area contributed by atoms with Crippen molar-refractivity contribution in [1.29, 1.82) is 0 Å². The molecule has 0 unspecified atom stereocenters. The second kappa shape index (κ2) is 48.9. The van der Waals surface area contributed by atoms with Crippen LogP contribution in [-0.2, 0) is 38.1 Å². The molecule has 544 valence electrons. The van der Waals surface area contributed by atoms with E-state index in [4.69, 9.17) is 56.8 Å². The minimum atomic E-state index is -0.563. The fraction of sp³-hybridized carbons (Fsp3) is 0.366. The molecule has 20 nitrogen and oxygen atoms in total. The van der Waals surface area contributed by atoms with Gasteiger partial charge in [-0.25, -0.2) is 38.4 Å². The van der Waals surface area contributed by atoms with Gasteiger partial charge in [-0.05, 0) is 184 Å². The highest BCUT2D eigenvalue weighted by molar-refractivity contribution is 5.93. The summed E-state index contributed by atoms with van der Waals surface area (Å²) in [5, 5.41) is 0. The third-order valence-corrected chi connectivity index (χ3v) is 15.4. The largest absolute Gasteiger partial charge is 0.494 e. The molecular formula is C82H96O20. The van der Waals surface area contributed by atoms with Crippen LogP contribution in [-0.4, -0.2) is 101 Å². The Bertz CT molecular complexity index is 3590. The molecule has 6 aromatic rings. The molecule has 102 heavy (non-hydrogen) atoms. The molecule has 0 bridgehead atoms. The maximum absolute atomic E-state index is 12.9. The zero-order valence-corrected chi connectivity index (χ0v) is 58.8. The molecule has 20 heteroatoms. The summed E-state index contributed by atoms with van der Waals surface area (Å²) < 4.78 is 64.8. The van der Waals surface area contributed by atoms with Crippen molar-refractivity contribution in [2.45, 2.75) is 142 Å². The Balaban J connectivity index is 0.000000385. The molecule has 0 aliphatic heterocycles. The van der Waals surface area contributed by atoms with Gasteiger partial charge in [-0.1, -0.05) is 116 Å². The molecule has 0 spiro atoms. The van der Waals surface area contributed by atoms with Gasteiger partial charge >= 0.3 is 47.8 Å². The number of rotatable bonds is 48. The van der Waals surface area contributed by atoms with Crippen molar-refractivity contribution >= 4 is 47.8 Å². The Kier molecular flexibility index (Phi) is 39.3. The fourth-order valence-corrected chi connectivity index (χ4v) is 9.69. The van der Waals surface area contributed by atoms with Crippen molar-refractivity contribution in [3.63, 3.8) is 0 Å². The summed E-state index contributed by atoms with van der Waals surface area (Å²) in [7, 11) is 0. The van der Waals surface area contributed by atoms with Gasteiger partial charge in [0.1, 0.15) is 46.0 Å². The van der Waals surface area contributed by atoms with Crippen molar-refractivity contribution in [3.8, 4) is 46.0 Å². The minimum absolute atomic E-state index is 0.218. The molecule has 0 amide bonds. The second-order valence-corrected chi connectivity index (χ2v) is 23.5. The number of carbonyl (C=O) groups excluding carboxylic acids is 8. The average molecular weight is 1400 g/mol. The molecule has 0 N–H and O–H groups in total. The normalized spacial score (nSPS) is 10.5. The van der Waals surface area contributed by atoms with E-state index in [-0.39, 0.29) is 30.9 Å². The summed E-state index contributed by atoms with van der Waals surface area (Å²) >= 11 is 0. The minimum Gasteiger partial charge on any atom is -0.494 e. The predicted octanol–water partition coefficient (Wildman–Crippen LogP) is 17.1. The van der Waals surface area contributed by atoms with E-state index in [9.17, 15) is 38.4 Å².